The molecule has 0 unspecified atom stereocenters. The lowest BCUT2D eigenvalue weighted by Crippen LogP contribution is -1.90. The van der Waals surface area contributed by atoms with Gasteiger partial charge in [0.25, 0.3) is 0 Å². The monoisotopic (exact) mass is 178 g/mol. The van der Waals surface area contributed by atoms with E-state index >= 15 is 0 Å². The molecule has 0 aromatic rings. The Morgan fingerprint density at radius 3 is 2.92 bits per heavy atom. The van der Waals surface area contributed by atoms with Crippen molar-refractivity contribution in [2.75, 3.05) is 7.11 Å². The van der Waals surface area contributed by atoms with Crippen LogP contribution in [0.5, 0.6) is 5.75 Å². The van der Waals surface area contributed by atoms with Gasteiger partial charge in [0.2, 0.25) is 0 Å². The van der Waals surface area contributed by atoms with E-state index in [1.165, 1.54) is 0 Å². The maximum absolute atomic E-state index is 9.02. The zero-order valence-corrected chi connectivity index (χ0v) is 7.28. The molecule has 0 aromatic heterocycles. The van der Waals surface area contributed by atoms with Crippen LogP contribution in [0.2, 0.25) is 0 Å². The molecule has 0 amide bonds. The number of rotatable bonds is 2. The number of hydrogen-bond donors (Lipinski definition) is 1. The fraction of sp³-hybridized carbons (Fsp3) is 0.200. The fourth-order valence-electron chi connectivity index (χ4n) is 1.45. The Hall–Kier alpha value is -1.48. The summed E-state index contributed by atoms with van der Waals surface area (Å²) < 4.78 is 10.3. The first-order chi connectivity index (χ1) is 6.36. The molecule has 0 aromatic carbocycles. The van der Waals surface area contributed by atoms with E-state index < -0.39 is 0 Å². The Labute approximate surface area is 75.9 Å². The molecule has 0 radical (unpaired) electrons. The van der Waals surface area contributed by atoms with E-state index in [1.807, 2.05) is 18.2 Å². The molecule has 3 heteroatoms. The van der Waals surface area contributed by atoms with Crippen LogP contribution in [0.25, 0.3) is 11.1 Å². The molecule has 0 fully saturated rings. The summed E-state index contributed by atoms with van der Waals surface area (Å²) in [5, 5.41) is 9.02. The Bertz CT molecular complexity index is 378. The lowest BCUT2D eigenvalue weighted by molar-refractivity contribution is 0.244. The lowest BCUT2D eigenvalue weighted by Gasteiger charge is -2.06. The summed E-state index contributed by atoms with van der Waals surface area (Å²) in [6.07, 6.45) is 1.56. The van der Waals surface area contributed by atoms with Crippen molar-refractivity contribution in [2.45, 2.75) is 6.61 Å². The summed E-state index contributed by atoms with van der Waals surface area (Å²) in [4.78, 5) is 0. The molecular weight excluding hydrogens is 168 g/mol. The number of aliphatic hydroxyl groups is 1. The molecule has 1 heterocycles. The predicted octanol–water partition coefficient (Wildman–Crippen LogP) is 1.89. The molecule has 0 spiro atoms. The van der Waals surface area contributed by atoms with Crippen LogP contribution >= 0.6 is 0 Å². The van der Waals surface area contributed by atoms with E-state index in [9.17, 15) is 0 Å². The fourth-order valence-corrected chi connectivity index (χ4v) is 1.45. The van der Waals surface area contributed by atoms with Gasteiger partial charge in [0, 0.05) is 0 Å². The number of hydrogen-bond acceptors (Lipinski definition) is 3. The third-order valence-electron chi connectivity index (χ3n) is 2.05. The molecule has 1 N–H and O–H groups in total. The average Bonchev–Trinajstić information content (AvgIpc) is 2.60. The summed E-state index contributed by atoms with van der Waals surface area (Å²) in [5.41, 5.74) is 1.87. The molecule has 2 aliphatic rings. The van der Waals surface area contributed by atoms with Crippen LogP contribution in [0.3, 0.4) is 0 Å². The van der Waals surface area contributed by atoms with Crippen LogP contribution in [-0.2, 0) is 6.61 Å². The highest BCUT2D eigenvalue weighted by molar-refractivity contribution is 5.75. The molecule has 1 aliphatic carbocycles. The SMILES string of the molecule is COc1ccc2ccoc(CO)c1-2. The van der Waals surface area contributed by atoms with E-state index in [4.69, 9.17) is 14.3 Å². The molecule has 68 valence electrons. The molecule has 1 aliphatic heterocycles. The molecule has 0 saturated heterocycles. The maximum Gasteiger partial charge on any atom is 0.140 e. The van der Waals surface area contributed by atoms with Gasteiger partial charge in [-0.05, 0) is 17.7 Å². The molecule has 0 saturated carbocycles. The van der Waals surface area contributed by atoms with E-state index in [2.05, 4.69) is 0 Å². The average molecular weight is 178 g/mol. The van der Waals surface area contributed by atoms with Crippen molar-refractivity contribution in [3.63, 3.8) is 0 Å². The Kier molecular flexibility index (Phi) is 1.94. The normalized spacial score (nSPS) is 10.6. The number of fused-ring (bicyclic) bond motifs is 1. The van der Waals surface area contributed by atoms with Crippen molar-refractivity contribution < 1.29 is 14.3 Å². The second kappa shape index (κ2) is 3.11. The van der Waals surface area contributed by atoms with Gasteiger partial charge in [0.1, 0.15) is 18.1 Å². The molecule has 3 nitrogen and oxygen atoms in total. The van der Waals surface area contributed by atoms with Crippen molar-refractivity contribution in [2.24, 2.45) is 0 Å². The van der Waals surface area contributed by atoms with E-state index in [0.717, 1.165) is 16.9 Å². The molecule has 0 atom stereocenters. The topological polar surface area (TPSA) is 42.6 Å². The van der Waals surface area contributed by atoms with Crippen molar-refractivity contribution in [3.05, 3.63) is 30.2 Å². The van der Waals surface area contributed by atoms with Gasteiger partial charge >= 0.3 is 0 Å². The highest BCUT2D eigenvalue weighted by atomic mass is 16.5. The van der Waals surface area contributed by atoms with Crippen molar-refractivity contribution in [1.29, 1.82) is 0 Å². The van der Waals surface area contributed by atoms with Crippen LogP contribution in [0.1, 0.15) is 5.76 Å². The second-order valence-corrected chi connectivity index (χ2v) is 2.73. The lowest BCUT2D eigenvalue weighted by atomic mass is 10.1. The summed E-state index contributed by atoms with van der Waals surface area (Å²) in [6, 6.07) is 5.64. The highest BCUT2D eigenvalue weighted by Gasteiger charge is 2.15. The number of aliphatic hydroxyl groups excluding tert-OH is 1. The molecule has 0 bridgehead atoms. The highest BCUT2D eigenvalue weighted by Crippen LogP contribution is 2.36. The Morgan fingerprint density at radius 2 is 2.23 bits per heavy atom. The van der Waals surface area contributed by atoms with Gasteiger partial charge in [-0.1, -0.05) is 6.07 Å². The summed E-state index contributed by atoms with van der Waals surface area (Å²) >= 11 is 0. The Balaban J connectivity index is 2.65. The van der Waals surface area contributed by atoms with Crippen molar-refractivity contribution in [1.82, 2.24) is 0 Å². The standard InChI is InChI=1S/C10H10O3/c1-12-8-3-2-7-4-5-13-9(6-11)10(7)8/h2-5,11H,6H2,1H3. The van der Waals surface area contributed by atoms with Gasteiger partial charge in [-0.2, -0.15) is 0 Å². The van der Waals surface area contributed by atoms with Crippen LogP contribution in [-0.4, -0.2) is 12.2 Å². The van der Waals surface area contributed by atoms with Crippen LogP contribution < -0.4 is 4.74 Å². The number of methoxy groups -OCH3 is 1. The summed E-state index contributed by atoms with van der Waals surface area (Å²) in [5.74, 6) is 1.28. The van der Waals surface area contributed by atoms with Gasteiger partial charge < -0.3 is 14.3 Å². The van der Waals surface area contributed by atoms with Crippen LogP contribution in [0.4, 0.5) is 0 Å². The maximum atomic E-state index is 9.02. The first-order valence-electron chi connectivity index (χ1n) is 4.00. The van der Waals surface area contributed by atoms with E-state index in [1.54, 1.807) is 13.4 Å². The minimum atomic E-state index is -0.113. The molecule has 2 rings (SSSR count). The van der Waals surface area contributed by atoms with E-state index in [0.29, 0.717) is 5.76 Å². The first kappa shape index (κ1) is 8.13. The van der Waals surface area contributed by atoms with Gasteiger partial charge in [0.05, 0.1) is 18.9 Å². The second-order valence-electron chi connectivity index (χ2n) is 2.73. The largest absolute Gasteiger partial charge is 0.496 e. The van der Waals surface area contributed by atoms with E-state index in [-0.39, 0.29) is 6.61 Å². The third kappa shape index (κ3) is 1.17. The zero-order chi connectivity index (χ0) is 9.26. The molecule has 13 heavy (non-hydrogen) atoms. The summed E-state index contributed by atoms with van der Waals surface area (Å²) in [6.45, 7) is -0.113. The van der Waals surface area contributed by atoms with Gasteiger partial charge in [0.15, 0.2) is 0 Å². The van der Waals surface area contributed by atoms with Gasteiger partial charge in [-0.3, -0.25) is 0 Å². The van der Waals surface area contributed by atoms with Gasteiger partial charge in [-0.15, -0.1) is 0 Å². The quantitative estimate of drug-likeness (QED) is 0.763. The minimum absolute atomic E-state index is 0.113. The summed E-state index contributed by atoms with van der Waals surface area (Å²) in [7, 11) is 1.60. The van der Waals surface area contributed by atoms with Crippen LogP contribution in [0.15, 0.2) is 28.9 Å². The molecular formula is C10H10O3. The van der Waals surface area contributed by atoms with Gasteiger partial charge in [-0.25, -0.2) is 0 Å². The van der Waals surface area contributed by atoms with Crippen molar-refractivity contribution in [3.8, 4) is 16.9 Å². The zero-order valence-electron chi connectivity index (χ0n) is 7.28. The predicted molar refractivity (Wildman–Crippen MR) is 47.8 cm³/mol. The van der Waals surface area contributed by atoms with Crippen LogP contribution in [0, 0.1) is 0 Å². The smallest absolute Gasteiger partial charge is 0.140 e. The number of ether oxygens (including phenoxy) is 1. The third-order valence-corrected chi connectivity index (χ3v) is 2.05. The minimum Gasteiger partial charge on any atom is -0.496 e. The first-order valence-corrected chi connectivity index (χ1v) is 4.00. The Morgan fingerprint density at radius 1 is 1.38 bits per heavy atom. The van der Waals surface area contributed by atoms with Crippen molar-refractivity contribution >= 4 is 0 Å².